The molecule has 4 rings (SSSR count). The Bertz CT molecular complexity index is 676. The molecule has 0 radical (unpaired) electrons. The minimum atomic E-state index is -0.222. The number of furan rings is 1. The van der Waals surface area contributed by atoms with Gasteiger partial charge in [0.25, 0.3) is 0 Å². The van der Waals surface area contributed by atoms with Crippen LogP contribution >= 0.6 is 0 Å². The second-order valence-electron chi connectivity index (χ2n) is 6.25. The summed E-state index contributed by atoms with van der Waals surface area (Å²) in [6, 6.07) is 10.4. The predicted molar refractivity (Wildman–Crippen MR) is 84.7 cm³/mol. The second-order valence-corrected chi connectivity index (χ2v) is 6.25. The van der Waals surface area contributed by atoms with E-state index in [1.165, 1.54) is 12.1 Å². The van der Waals surface area contributed by atoms with Crippen molar-refractivity contribution in [1.82, 2.24) is 4.90 Å². The quantitative estimate of drug-likeness (QED) is 0.874. The molecule has 0 N–H and O–H groups in total. The summed E-state index contributed by atoms with van der Waals surface area (Å²) in [5.41, 5.74) is 1.01. The van der Waals surface area contributed by atoms with Gasteiger partial charge in [-0.25, -0.2) is 4.39 Å². The summed E-state index contributed by atoms with van der Waals surface area (Å²) in [7, 11) is 0. The van der Waals surface area contributed by atoms with Crippen molar-refractivity contribution in [2.45, 2.75) is 12.3 Å². The van der Waals surface area contributed by atoms with Gasteiger partial charge in [0, 0.05) is 43.7 Å². The van der Waals surface area contributed by atoms with Gasteiger partial charge in [-0.2, -0.15) is 0 Å². The van der Waals surface area contributed by atoms with Crippen molar-refractivity contribution in [3.8, 4) is 0 Å². The Labute approximate surface area is 134 Å². The molecule has 2 atom stereocenters. The number of rotatable bonds is 3. The van der Waals surface area contributed by atoms with Crippen LogP contribution in [0.2, 0.25) is 0 Å². The van der Waals surface area contributed by atoms with E-state index in [0.29, 0.717) is 0 Å². The average Bonchev–Trinajstić information content (AvgIpc) is 3.20. The molecule has 2 fully saturated rings. The van der Waals surface area contributed by atoms with Crippen LogP contribution < -0.4 is 4.90 Å². The lowest BCUT2D eigenvalue weighted by Gasteiger charge is -2.36. The Morgan fingerprint density at radius 2 is 1.83 bits per heavy atom. The zero-order valence-electron chi connectivity index (χ0n) is 12.8. The van der Waals surface area contributed by atoms with Crippen molar-refractivity contribution in [3.63, 3.8) is 0 Å². The number of nitrogens with zero attached hydrogens (tertiary/aromatic N) is 2. The van der Waals surface area contributed by atoms with Gasteiger partial charge in [-0.3, -0.25) is 4.79 Å². The highest BCUT2D eigenvalue weighted by Crippen LogP contribution is 2.48. The molecule has 4 nitrogen and oxygen atoms in total. The third-order valence-electron chi connectivity index (χ3n) is 4.80. The smallest absolute Gasteiger partial charge is 0.226 e. The average molecular weight is 314 g/mol. The van der Waals surface area contributed by atoms with Crippen LogP contribution in [-0.4, -0.2) is 37.0 Å². The third kappa shape index (κ3) is 2.83. The molecule has 2 unspecified atom stereocenters. The number of benzene rings is 1. The highest BCUT2D eigenvalue weighted by atomic mass is 19.1. The maximum atomic E-state index is 13.0. The van der Waals surface area contributed by atoms with E-state index >= 15 is 0 Å². The lowest BCUT2D eigenvalue weighted by atomic mass is 10.2. The molecule has 1 aromatic heterocycles. The van der Waals surface area contributed by atoms with E-state index in [1.807, 2.05) is 17.0 Å². The van der Waals surface area contributed by atoms with Gasteiger partial charge >= 0.3 is 0 Å². The molecular weight excluding hydrogens is 295 g/mol. The van der Waals surface area contributed by atoms with E-state index in [1.54, 1.807) is 18.4 Å². The Hall–Kier alpha value is -2.30. The van der Waals surface area contributed by atoms with E-state index in [2.05, 4.69) is 4.90 Å². The van der Waals surface area contributed by atoms with E-state index in [4.69, 9.17) is 4.42 Å². The first-order valence-corrected chi connectivity index (χ1v) is 8.05. The van der Waals surface area contributed by atoms with Gasteiger partial charge in [0.1, 0.15) is 11.6 Å². The molecule has 1 aliphatic heterocycles. The summed E-state index contributed by atoms with van der Waals surface area (Å²) in [5, 5.41) is 0. The van der Waals surface area contributed by atoms with Gasteiger partial charge in [0.05, 0.1) is 6.26 Å². The molecule has 2 aromatic rings. The van der Waals surface area contributed by atoms with Crippen molar-refractivity contribution >= 4 is 11.6 Å². The third-order valence-corrected chi connectivity index (χ3v) is 4.80. The first kappa shape index (κ1) is 14.3. The molecule has 0 spiro atoms. The lowest BCUT2D eigenvalue weighted by Crippen LogP contribution is -2.49. The van der Waals surface area contributed by atoms with E-state index in [-0.39, 0.29) is 23.6 Å². The number of amides is 1. The van der Waals surface area contributed by atoms with Crippen LogP contribution in [0.25, 0.3) is 0 Å². The fraction of sp³-hybridized carbons (Fsp3) is 0.389. The van der Waals surface area contributed by atoms with Crippen LogP contribution in [-0.2, 0) is 4.79 Å². The largest absolute Gasteiger partial charge is 0.469 e. The minimum absolute atomic E-state index is 0.0820. The molecule has 2 heterocycles. The fourth-order valence-corrected chi connectivity index (χ4v) is 3.36. The van der Waals surface area contributed by atoms with Crippen molar-refractivity contribution in [2.24, 2.45) is 5.92 Å². The van der Waals surface area contributed by atoms with E-state index in [0.717, 1.165) is 44.0 Å². The molecule has 1 amide bonds. The molecule has 0 bridgehead atoms. The van der Waals surface area contributed by atoms with Crippen LogP contribution in [0.3, 0.4) is 0 Å². The summed E-state index contributed by atoms with van der Waals surface area (Å²) in [6.07, 6.45) is 2.56. The maximum Gasteiger partial charge on any atom is 0.226 e. The summed E-state index contributed by atoms with van der Waals surface area (Å²) < 4.78 is 18.4. The van der Waals surface area contributed by atoms with Crippen LogP contribution in [0.15, 0.2) is 47.1 Å². The predicted octanol–water partition coefficient (Wildman–Crippen LogP) is 2.87. The molecule has 2 aliphatic rings. The van der Waals surface area contributed by atoms with Crippen LogP contribution in [0.1, 0.15) is 18.1 Å². The molecule has 1 saturated carbocycles. The summed E-state index contributed by atoms with van der Waals surface area (Å²) in [4.78, 5) is 16.7. The number of piperazine rings is 1. The Morgan fingerprint density at radius 1 is 1.09 bits per heavy atom. The minimum Gasteiger partial charge on any atom is -0.469 e. The van der Waals surface area contributed by atoms with Crippen molar-refractivity contribution in [1.29, 1.82) is 0 Å². The first-order chi connectivity index (χ1) is 11.2. The molecule has 23 heavy (non-hydrogen) atoms. The summed E-state index contributed by atoms with van der Waals surface area (Å²) in [6.45, 7) is 3.01. The number of hydrogen-bond acceptors (Lipinski definition) is 3. The Morgan fingerprint density at radius 3 is 2.48 bits per heavy atom. The number of anilines is 1. The summed E-state index contributed by atoms with van der Waals surface area (Å²) in [5.74, 6) is 1.28. The second kappa shape index (κ2) is 5.72. The Kier molecular flexibility index (Phi) is 3.56. The Balaban J connectivity index is 1.33. The summed E-state index contributed by atoms with van der Waals surface area (Å²) >= 11 is 0. The zero-order valence-corrected chi connectivity index (χ0v) is 12.8. The van der Waals surface area contributed by atoms with Crippen LogP contribution in [0, 0.1) is 11.7 Å². The highest BCUT2D eigenvalue weighted by Gasteiger charge is 2.47. The molecule has 1 aromatic carbocycles. The zero-order chi connectivity index (χ0) is 15.8. The number of carbonyl (C=O) groups excluding carboxylic acids is 1. The lowest BCUT2D eigenvalue weighted by molar-refractivity contribution is -0.133. The number of hydrogen-bond donors (Lipinski definition) is 0. The van der Waals surface area contributed by atoms with Crippen molar-refractivity contribution in [3.05, 3.63) is 54.2 Å². The van der Waals surface area contributed by atoms with E-state index in [9.17, 15) is 9.18 Å². The first-order valence-electron chi connectivity index (χ1n) is 8.05. The highest BCUT2D eigenvalue weighted by molar-refractivity contribution is 5.83. The molecular formula is C18H19FN2O2. The van der Waals surface area contributed by atoms with Gasteiger partial charge in [-0.15, -0.1) is 0 Å². The maximum absolute atomic E-state index is 13.0. The van der Waals surface area contributed by atoms with Gasteiger partial charge in [-0.05, 0) is 42.8 Å². The number of carbonyl (C=O) groups is 1. The van der Waals surface area contributed by atoms with E-state index < -0.39 is 0 Å². The molecule has 120 valence electrons. The number of halogens is 1. The molecule has 1 aliphatic carbocycles. The monoisotopic (exact) mass is 314 g/mol. The van der Waals surface area contributed by atoms with Crippen molar-refractivity contribution in [2.75, 3.05) is 31.1 Å². The van der Waals surface area contributed by atoms with Crippen molar-refractivity contribution < 1.29 is 13.6 Å². The normalized spacial score (nSPS) is 23.9. The standard InChI is InChI=1S/C18H19FN2O2/c19-13-3-5-14(6-4-13)20-7-9-21(10-8-20)18(22)16-12-15(16)17-2-1-11-23-17/h1-6,11,15-16H,7-10,12H2. The SMILES string of the molecule is O=C(C1CC1c1ccco1)N1CCN(c2ccc(F)cc2)CC1. The van der Waals surface area contributed by atoms with Crippen LogP contribution in [0.5, 0.6) is 0 Å². The van der Waals surface area contributed by atoms with Gasteiger partial charge in [0.15, 0.2) is 0 Å². The fourth-order valence-electron chi connectivity index (χ4n) is 3.36. The molecule has 5 heteroatoms. The molecule has 1 saturated heterocycles. The topological polar surface area (TPSA) is 36.7 Å². The van der Waals surface area contributed by atoms with Gasteiger partial charge in [-0.1, -0.05) is 0 Å². The van der Waals surface area contributed by atoms with Gasteiger partial charge < -0.3 is 14.2 Å². The van der Waals surface area contributed by atoms with Crippen LogP contribution in [0.4, 0.5) is 10.1 Å². The van der Waals surface area contributed by atoms with Gasteiger partial charge in [0.2, 0.25) is 5.91 Å².